The number of carbonyl (C=O) groups excluding carboxylic acids is 1. The number of likely N-dealkylation sites (tertiary alicyclic amines) is 1. The number of hydrogen-bond acceptors (Lipinski definition) is 4. The van der Waals surface area contributed by atoms with Crippen molar-refractivity contribution in [3.05, 3.63) is 93.4 Å². The van der Waals surface area contributed by atoms with E-state index in [0.29, 0.717) is 41.9 Å². The molecule has 6 nitrogen and oxygen atoms in total. The Balaban J connectivity index is 1.44. The van der Waals surface area contributed by atoms with Gasteiger partial charge in [0.2, 0.25) is 0 Å². The predicted molar refractivity (Wildman–Crippen MR) is 119 cm³/mol. The van der Waals surface area contributed by atoms with Gasteiger partial charge in [-0.25, -0.2) is 0 Å². The molecule has 1 saturated heterocycles. The molecule has 2 bridgehead atoms. The van der Waals surface area contributed by atoms with E-state index in [1.807, 2.05) is 27.7 Å². The van der Waals surface area contributed by atoms with Crippen LogP contribution in [-0.4, -0.2) is 28.5 Å². The molecule has 2 aliphatic heterocycles. The van der Waals surface area contributed by atoms with E-state index in [4.69, 9.17) is 5.26 Å². The van der Waals surface area contributed by atoms with Gasteiger partial charge in [0, 0.05) is 42.4 Å². The molecular weight excluding hydrogens is 400 g/mol. The fourth-order valence-electron chi connectivity index (χ4n) is 4.96. The van der Waals surface area contributed by atoms with Gasteiger partial charge < -0.3 is 9.47 Å². The summed E-state index contributed by atoms with van der Waals surface area (Å²) in [4.78, 5) is 28.2. The maximum absolute atomic E-state index is 13.3. The topological polar surface area (TPSA) is 89.9 Å². The van der Waals surface area contributed by atoms with Crippen molar-refractivity contribution in [3.63, 3.8) is 0 Å². The molecule has 5 rings (SSSR count). The molecule has 156 valence electrons. The summed E-state index contributed by atoms with van der Waals surface area (Å²) in [6, 6.07) is 21.9. The first-order valence-corrected chi connectivity index (χ1v) is 10.6. The maximum atomic E-state index is 13.3. The fourth-order valence-corrected chi connectivity index (χ4v) is 4.96. The maximum Gasteiger partial charge on any atom is 0.258 e. The lowest BCUT2D eigenvalue weighted by Crippen LogP contribution is -2.49. The minimum absolute atomic E-state index is 0.0371. The van der Waals surface area contributed by atoms with E-state index in [-0.39, 0.29) is 23.3 Å². The first-order chi connectivity index (χ1) is 15.6. The molecule has 0 N–H and O–H groups in total. The van der Waals surface area contributed by atoms with Crippen molar-refractivity contribution >= 4 is 5.91 Å². The number of aromatic nitrogens is 1. The molecule has 3 heterocycles. The zero-order valence-corrected chi connectivity index (χ0v) is 17.4. The molecule has 2 unspecified atom stereocenters. The van der Waals surface area contributed by atoms with Gasteiger partial charge in [0.25, 0.3) is 11.5 Å². The molecule has 2 aromatic carbocycles. The van der Waals surface area contributed by atoms with Crippen molar-refractivity contribution in [2.45, 2.75) is 18.9 Å². The number of hydrogen-bond donors (Lipinski definition) is 0. The number of fused-ring (bicyclic) bond motifs is 4. The van der Waals surface area contributed by atoms with Crippen LogP contribution >= 0.6 is 0 Å². The van der Waals surface area contributed by atoms with Gasteiger partial charge in [-0.05, 0) is 66.4 Å². The lowest BCUT2D eigenvalue weighted by molar-refractivity contribution is 0.0594. The predicted octanol–water partition coefficient (Wildman–Crippen LogP) is 3.52. The van der Waals surface area contributed by atoms with Gasteiger partial charge in [0.1, 0.15) is 0 Å². The van der Waals surface area contributed by atoms with Gasteiger partial charge >= 0.3 is 0 Å². The molecule has 2 atom stereocenters. The number of rotatable bonds is 2. The summed E-state index contributed by atoms with van der Waals surface area (Å²) >= 11 is 0. The van der Waals surface area contributed by atoms with Crippen LogP contribution in [0.2, 0.25) is 0 Å². The Morgan fingerprint density at radius 1 is 0.906 bits per heavy atom. The Kier molecular flexibility index (Phi) is 4.84. The molecule has 0 spiro atoms. The quantitative estimate of drug-likeness (QED) is 0.634. The van der Waals surface area contributed by atoms with Gasteiger partial charge in [0.05, 0.1) is 23.3 Å². The van der Waals surface area contributed by atoms with Crippen molar-refractivity contribution < 1.29 is 4.79 Å². The van der Waals surface area contributed by atoms with Crippen molar-refractivity contribution in [2.24, 2.45) is 5.92 Å². The highest BCUT2D eigenvalue weighted by molar-refractivity contribution is 5.94. The first kappa shape index (κ1) is 19.8. The van der Waals surface area contributed by atoms with Crippen molar-refractivity contribution in [1.29, 1.82) is 10.5 Å². The van der Waals surface area contributed by atoms with Crippen LogP contribution in [0.3, 0.4) is 0 Å². The van der Waals surface area contributed by atoms with E-state index in [9.17, 15) is 14.9 Å². The third-order valence-electron chi connectivity index (χ3n) is 6.46. The molecule has 0 radical (unpaired) electrons. The summed E-state index contributed by atoms with van der Waals surface area (Å²) in [5.41, 5.74) is 3.89. The van der Waals surface area contributed by atoms with Crippen LogP contribution in [0.4, 0.5) is 0 Å². The highest BCUT2D eigenvalue weighted by Gasteiger charge is 2.37. The molecule has 1 amide bonds. The lowest BCUT2D eigenvalue weighted by atomic mass is 9.82. The van der Waals surface area contributed by atoms with E-state index in [1.54, 1.807) is 42.5 Å². The van der Waals surface area contributed by atoms with Crippen molar-refractivity contribution in [3.8, 4) is 23.3 Å². The summed E-state index contributed by atoms with van der Waals surface area (Å²) in [6.45, 7) is 1.75. The van der Waals surface area contributed by atoms with Crippen LogP contribution < -0.4 is 5.56 Å². The summed E-state index contributed by atoms with van der Waals surface area (Å²) in [5.74, 6) is 0.281. The Bertz CT molecular complexity index is 1360. The SMILES string of the molecule is N#Cc1ccc(C(=O)N2CC3CC(C2)c2ccc(-c4cccc(C#N)c4)c(=O)n2C3)cc1. The Morgan fingerprint density at radius 3 is 2.44 bits per heavy atom. The van der Waals surface area contributed by atoms with Crippen LogP contribution in [0.1, 0.15) is 39.5 Å². The Labute approximate surface area is 185 Å². The van der Waals surface area contributed by atoms with Crippen molar-refractivity contribution in [2.75, 3.05) is 13.1 Å². The third-order valence-corrected chi connectivity index (χ3v) is 6.46. The largest absolute Gasteiger partial charge is 0.338 e. The zero-order chi connectivity index (χ0) is 22.2. The Hall–Kier alpha value is -4.16. The second-order valence-corrected chi connectivity index (χ2v) is 8.48. The molecule has 6 heteroatoms. The molecule has 0 saturated carbocycles. The molecule has 1 fully saturated rings. The molecular formula is C26H20N4O2. The van der Waals surface area contributed by atoms with Gasteiger partial charge in [-0.15, -0.1) is 0 Å². The number of piperidine rings is 1. The number of nitrogens with zero attached hydrogens (tertiary/aromatic N) is 4. The van der Waals surface area contributed by atoms with Gasteiger partial charge in [-0.1, -0.05) is 12.1 Å². The fraction of sp³-hybridized carbons (Fsp3) is 0.231. The summed E-state index contributed by atoms with van der Waals surface area (Å²) in [7, 11) is 0. The van der Waals surface area contributed by atoms with E-state index in [2.05, 4.69) is 12.1 Å². The molecule has 1 aromatic heterocycles. The summed E-state index contributed by atoms with van der Waals surface area (Å²) < 4.78 is 1.86. The van der Waals surface area contributed by atoms with Crippen LogP contribution in [-0.2, 0) is 6.54 Å². The average molecular weight is 420 g/mol. The average Bonchev–Trinajstić information content (AvgIpc) is 2.84. The van der Waals surface area contributed by atoms with E-state index < -0.39 is 0 Å². The number of pyridine rings is 1. The van der Waals surface area contributed by atoms with Crippen molar-refractivity contribution in [1.82, 2.24) is 9.47 Å². The monoisotopic (exact) mass is 420 g/mol. The van der Waals surface area contributed by atoms with Gasteiger partial charge in [-0.3, -0.25) is 9.59 Å². The van der Waals surface area contributed by atoms with Crippen LogP contribution in [0.15, 0.2) is 65.5 Å². The smallest absolute Gasteiger partial charge is 0.258 e. The zero-order valence-electron chi connectivity index (χ0n) is 17.4. The number of nitriles is 2. The first-order valence-electron chi connectivity index (χ1n) is 10.6. The molecule has 2 aliphatic rings. The minimum atomic E-state index is -0.0424. The second kappa shape index (κ2) is 7.83. The van der Waals surface area contributed by atoms with Gasteiger partial charge in [0.15, 0.2) is 0 Å². The van der Waals surface area contributed by atoms with Gasteiger partial charge in [-0.2, -0.15) is 10.5 Å². The van der Waals surface area contributed by atoms with Crippen LogP contribution in [0, 0.1) is 28.6 Å². The third kappa shape index (κ3) is 3.36. The molecule has 32 heavy (non-hydrogen) atoms. The second-order valence-electron chi connectivity index (χ2n) is 8.48. The number of amides is 1. The summed E-state index contributed by atoms with van der Waals surface area (Å²) in [6.07, 6.45) is 0.958. The number of carbonyl (C=O) groups is 1. The van der Waals surface area contributed by atoms with Crippen LogP contribution in [0.5, 0.6) is 0 Å². The molecule has 0 aliphatic carbocycles. The summed E-state index contributed by atoms with van der Waals surface area (Å²) in [5, 5.41) is 18.1. The highest BCUT2D eigenvalue weighted by Crippen LogP contribution is 2.36. The minimum Gasteiger partial charge on any atom is -0.338 e. The standard InChI is InChI=1S/C26H20N4O2/c27-12-17-4-6-20(7-5-17)25(31)29-14-19-11-22(16-29)24-9-8-23(26(32)30(24)15-19)21-3-1-2-18(10-21)13-28/h1-10,19,22H,11,14-16H2. The lowest BCUT2D eigenvalue weighted by Gasteiger charge is -2.43. The van der Waals surface area contributed by atoms with Crippen LogP contribution in [0.25, 0.3) is 11.1 Å². The highest BCUT2D eigenvalue weighted by atomic mass is 16.2. The number of benzene rings is 2. The van der Waals surface area contributed by atoms with E-state index in [0.717, 1.165) is 17.7 Å². The Morgan fingerprint density at radius 2 is 1.69 bits per heavy atom. The molecule has 3 aromatic rings. The van der Waals surface area contributed by atoms with E-state index in [1.165, 1.54) is 0 Å². The van der Waals surface area contributed by atoms with E-state index >= 15 is 0 Å². The normalized spacial score (nSPS) is 18.9.